The van der Waals surface area contributed by atoms with Crippen LogP contribution in [0.3, 0.4) is 0 Å². The highest BCUT2D eigenvalue weighted by atomic mass is 32.2. The number of aromatic nitrogens is 2. The molecule has 1 amide bonds. The van der Waals surface area contributed by atoms with Crippen molar-refractivity contribution in [1.29, 1.82) is 0 Å². The first kappa shape index (κ1) is 21.9. The van der Waals surface area contributed by atoms with Crippen LogP contribution < -0.4 is 14.2 Å². The van der Waals surface area contributed by atoms with Gasteiger partial charge in [-0.1, -0.05) is 30.3 Å². The van der Waals surface area contributed by atoms with Crippen molar-refractivity contribution in [3.63, 3.8) is 0 Å². The van der Waals surface area contributed by atoms with Crippen LogP contribution in [0.25, 0.3) is 11.0 Å². The summed E-state index contributed by atoms with van der Waals surface area (Å²) in [6.45, 7) is 0. The number of carbonyl (C=O) groups excluding carboxylic acids is 1. The Morgan fingerprint density at radius 1 is 0.969 bits per heavy atom. The molecule has 0 atom stereocenters. The number of para-hydroxylation sites is 2. The third-order valence-electron chi connectivity index (χ3n) is 4.84. The first-order chi connectivity index (χ1) is 15.4. The molecule has 1 aromatic heterocycles. The highest BCUT2D eigenvalue weighted by Gasteiger charge is 2.31. The molecule has 4 aromatic rings. The van der Waals surface area contributed by atoms with E-state index in [9.17, 15) is 13.2 Å². The summed E-state index contributed by atoms with van der Waals surface area (Å²) < 4.78 is 28.0. The van der Waals surface area contributed by atoms with Gasteiger partial charge in [0.05, 0.1) is 5.75 Å². The number of benzene rings is 3. The number of aromatic amines is 1. The van der Waals surface area contributed by atoms with Gasteiger partial charge in [-0.15, -0.1) is 3.97 Å². The molecule has 0 aliphatic heterocycles. The third kappa shape index (κ3) is 4.49. The molecule has 7 nitrogen and oxygen atoms in total. The summed E-state index contributed by atoms with van der Waals surface area (Å²) in [4.78, 5) is 17.8. The Balaban J connectivity index is 1.58. The minimum absolute atomic E-state index is 0.0482. The van der Waals surface area contributed by atoms with E-state index >= 15 is 0 Å². The molecule has 0 spiro atoms. The third-order valence-corrected chi connectivity index (χ3v) is 7.65. The van der Waals surface area contributed by atoms with Gasteiger partial charge in [0.2, 0.25) is 5.91 Å². The molecular formula is C23H23N4O3S2+. The van der Waals surface area contributed by atoms with Crippen LogP contribution in [0.2, 0.25) is 0 Å². The van der Waals surface area contributed by atoms with Gasteiger partial charge < -0.3 is 10.2 Å². The second-order valence-corrected chi connectivity index (χ2v) is 10.1. The van der Waals surface area contributed by atoms with Crippen molar-refractivity contribution in [3.8, 4) is 0 Å². The van der Waals surface area contributed by atoms with E-state index in [4.69, 9.17) is 0 Å². The highest BCUT2D eigenvalue weighted by Crippen LogP contribution is 2.22. The molecular weight excluding hydrogens is 444 g/mol. The first-order valence-corrected chi connectivity index (χ1v) is 12.3. The van der Waals surface area contributed by atoms with Crippen LogP contribution in [-0.2, 0) is 14.8 Å². The van der Waals surface area contributed by atoms with Gasteiger partial charge in [-0.2, -0.15) is 8.42 Å². The number of thioether (sulfide) groups is 1. The van der Waals surface area contributed by atoms with E-state index in [0.29, 0.717) is 21.9 Å². The Morgan fingerprint density at radius 2 is 1.62 bits per heavy atom. The van der Waals surface area contributed by atoms with Gasteiger partial charge in [-0.25, -0.2) is 4.98 Å². The van der Waals surface area contributed by atoms with Crippen LogP contribution in [0.4, 0.5) is 11.4 Å². The molecule has 2 N–H and O–H groups in total. The average Bonchev–Trinajstić information content (AvgIpc) is 3.18. The second-order valence-electron chi connectivity index (χ2n) is 7.31. The van der Waals surface area contributed by atoms with E-state index < -0.39 is 10.0 Å². The summed E-state index contributed by atoms with van der Waals surface area (Å²) in [5, 5.41) is 3.22. The Morgan fingerprint density at radius 3 is 2.31 bits per heavy atom. The van der Waals surface area contributed by atoms with E-state index in [1.165, 1.54) is 3.97 Å². The van der Waals surface area contributed by atoms with Crippen molar-refractivity contribution in [3.05, 3.63) is 78.9 Å². The van der Waals surface area contributed by atoms with Crippen LogP contribution in [0.15, 0.2) is 88.9 Å². The van der Waals surface area contributed by atoms with Crippen molar-refractivity contribution >= 4 is 50.1 Å². The number of imidazole rings is 1. The lowest BCUT2D eigenvalue weighted by atomic mass is 10.2. The highest BCUT2D eigenvalue weighted by molar-refractivity contribution is 8.00. The molecule has 1 heterocycles. The molecule has 0 aliphatic rings. The quantitative estimate of drug-likeness (QED) is 0.321. The number of H-pyrrole nitrogens is 1. The van der Waals surface area contributed by atoms with Crippen molar-refractivity contribution in [2.45, 2.75) is 10.1 Å². The van der Waals surface area contributed by atoms with E-state index in [-0.39, 0.29) is 16.6 Å². The molecule has 4 rings (SSSR count). The van der Waals surface area contributed by atoms with Gasteiger partial charge in [0.25, 0.3) is 0 Å². The molecule has 164 valence electrons. The van der Waals surface area contributed by atoms with Crippen LogP contribution in [0.1, 0.15) is 0 Å². The molecule has 0 fully saturated rings. The molecule has 0 radical (unpaired) electrons. The smallest absolute Gasteiger partial charge is 0.336 e. The topological polar surface area (TPSA) is 86.2 Å². The summed E-state index contributed by atoms with van der Waals surface area (Å²) in [5.74, 6) is -0.179. The fourth-order valence-electron chi connectivity index (χ4n) is 3.24. The molecule has 32 heavy (non-hydrogen) atoms. The van der Waals surface area contributed by atoms with Gasteiger partial charge >= 0.3 is 15.2 Å². The number of carbonyl (C=O) groups is 1. The Hall–Kier alpha value is -3.30. The minimum Gasteiger partial charge on any atom is -0.378 e. The lowest BCUT2D eigenvalue weighted by Gasteiger charge is -2.12. The second kappa shape index (κ2) is 9.05. The standard InChI is InChI=1S/C23H22N4O3S2/c1-26(2)18-14-12-17(13-15-18)24-22(28)16-31-23-25-20-10-6-7-11-21(20)27(23)32(29,30)19-8-4-3-5-9-19/h3-15H,16H2,1-2H3,(H,24,28)/p+1. The predicted molar refractivity (Wildman–Crippen MR) is 128 cm³/mol. The van der Waals surface area contributed by atoms with Gasteiger partial charge in [-0.3, -0.25) is 4.79 Å². The van der Waals surface area contributed by atoms with Crippen LogP contribution in [0.5, 0.6) is 0 Å². The molecule has 0 unspecified atom stereocenters. The van der Waals surface area contributed by atoms with E-state index in [1.807, 2.05) is 55.4 Å². The number of nitrogens with zero attached hydrogens (tertiary/aromatic N) is 2. The average molecular weight is 468 g/mol. The lowest BCUT2D eigenvalue weighted by Crippen LogP contribution is -2.44. The van der Waals surface area contributed by atoms with E-state index in [2.05, 4.69) is 10.3 Å². The van der Waals surface area contributed by atoms with Crippen molar-refractivity contribution in [1.82, 2.24) is 4.98 Å². The summed E-state index contributed by atoms with van der Waals surface area (Å²) in [6, 6.07) is 22.9. The van der Waals surface area contributed by atoms with Crippen molar-refractivity contribution < 1.29 is 17.2 Å². The predicted octanol–water partition coefficient (Wildman–Crippen LogP) is 3.49. The maximum atomic E-state index is 13.4. The normalized spacial score (nSPS) is 11.4. The Bertz CT molecular complexity index is 1350. The maximum Gasteiger partial charge on any atom is 0.336 e. The fourth-order valence-corrected chi connectivity index (χ4v) is 5.82. The molecule has 0 saturated carbocycles. The van der Waals surface area contributed by atoms with Crippen LogP contribution >= 0.6 is 11.8 Å². The van der Waals surface area contributed by atoms with Crippen LogP contribution in [0, 0.1) is 0 Å². The van der Waals surface area contributed by atoms with E-state index in [1.54, 1.807) is 42.5 Å². The number of nitrogens with one attached hydrogen (secondary N) is 2. The molecule has 0 aliphatic carbocycles. The van der Waals surface area contributed by atoms with Crippen molar-refractivity contribution in [2.24, 2.45) is 0 Å². The number of anilines is 2. The van der Waals surface area contributed by atoms with Gasteiger partial charge in [-0.05, 0) is 60.3 Å². The van der Waals surface area contributed by atoms with Crippen LogP contribution in [-0.4, -0.2) is 39.2 Å². The number of fused-ring (bicyclic) bond motifs is 1. The minimum atomic E-state index is -3.84. The first-order valence-electron chi connectivity index (χ1n) is 9.90. The summed E-state index contributed by atoms with van der Waals surface area (Å²) >= 11 is 1.14. The zero-order valence-electron chi connectivity index (χ0n) is 17.6. The summed E-state index contributed by atoms with van der Waals surface area (Å²) in [7, 11) is 0.0511. The van der Waals surface area contributed by atoms with Gasteiger partial charge in [0.15, 0.2) is 11.0 Å². The number of rotatable bonds is 7. The van der Waals surface area contributed by atoms with E-state index in [0.717, 1.165) is 17.4 Å². The SMILES string of the molecule is CN(C)c1ccc(NC(=O)CSc2[nH]c3ccccc3[n+]2S(=O)(=O)c2ccccc2)cc1. The Labute approximate surface area is 191 Å². The molecule has 9 heteroatoms. The zero-order valence-corrected chi connectivity index (χ0v) is 19.3. The fraction of sp³-hybridized carbons (Fsp3) is 0.130. The monoisotopic (exact) mass is 467 g/mol. The molecule has 0 saturated heterocycles. The molecule has 0 bridgehead atoms. The number of amides is 1. The lowest BCUT2D eigenvalue weighted by molar-refractivity contribution is -0.526. The van der Waals surface area contributed by atoms with Gasteiger partial charge in [0, 0.05) is 25.5 Å². The molecule has 3 aromatic carbocycles. The summed E-state index contributed by atoms with van der Waals surface area (Å²) in [5.41, 5.74) is 2.91. The summed E-state index contributed by atoms with van der Waals surface area (Å²) in [6.07, 6.45) is 0. The zero-order chi connectivity index (χ0) is 22.7. The largest absolute Gasteiger partial charge is 0.378 e. The maximum absolute atomic E-state index is 13.4. The van der Waals surface area contributed by atoms with Crippen molar-refractivity contribution in [2.75, 3.05) is 30.1 Å². The van der Waals surface area contributed by atoms with Gasteiger partial charge in [0.1, 0.15) is 4.90 Å². The Kier molecular flexibility index (Phi) is 6.20. The number of hydrogen-bond donors (Lipinski definition) is 2. The number of hydrogen-bond acceptors (Lipinski definition) is 5.